The van der Waals surface area contributed by atoms with Gasteiger partial charge < -0.3 is 10.3 Å². The summed E-state index contributed by atoms with van der Waals surface area (Å²) in [5, 5.41) is 12.7. The zero-order valence-electron chi connectivity index (χ0n) is 10.7. The summed E-state index contributed by atoms with van der Waals surface area (Å²) < 4.78 is 0. The zero-order valence-corrected chi connectivity index (χ0v) is 10.7. The van der Waals surface area contributed by atoms with Crippen LogP contribution in [0.5, 0.6) is 0 Å². The SMILES string of the molecule is Cc1[nH]c2ccccc2c1NC(=O)C(C)(C)C#N. The third kappa shape index (κ3) is 1.95. The van der Waals surface area contributed by atoms with Gasteiger partial charge in [0.05, 0.1) is 11.8 Å². The molecule has 1 aromatic heterocycles. The van der Waals surface area contributed by atoms with E-state index in [0.29, 0.717) is 0 Å². The highest BCUT2D eigenvalue weighted by Crippen LogP contribution is 2.28. The van der Waals surface area contributed by atoms with Gasteiger partial charge in [0.25, 0.3) is 0 Å². The van der Waals surface area contributed by atoms with Crippen LogP contribution in [0, 0.1) is 23.7 Å². The minimum absolute atomic E-state index is 0.294. The Balaban J connectivity index is 2.42. The van der Waals surface area contributed by atoms with Crippen LogP contribution < -0.4 is 5.32 Å². The second-order valence-electron chi connectivity index (χ2n) is 4.86. The predicted octanol–water partition coefficient (Wildman–Crippen LogP) is 2.96. The van der Waals surface area contributed by atoms with Crippen LogP contribution in [0.2, 0.25) is 0 Å². The largest absolute Gasteiger partial charge is 0.357 e. The Morgan fingerprint density at radius 1 is 1.39 bits per heavy atom. The molecule has 2 rings (SSSR count). The van der Waals surface area contributed by atoms with Crippen molar-refractivity contribution in [1.29, 1.82) is 5.26 Å². The first-order valence-electron chi connectivity index (χ1n) is 5.76. The maximum atomic E-state index is 12.0. The number of hydrogen-bond acceptors (Lipinski definition) is 2. The number of aromatic nitrogens is 1. The molecule has 0 radical (unpaired) electrons. The fraction of sp³-hybridized carbons (Fsp3) is 0.286. The van der Waals surface area contributed by atoms with Gasteiger partial charge in [0.1, 0.15) is 5.41 Å². The number of rotatable bonds is 2. The molecule has 4 heteroatoms. The van der Waals surface area contributed by atoms with E-state index in [4.69, 9.17) is 5.26 Å². The number of nitriles is 1. The summed E-state index contributed by atoms with van der Waals surface area (Å²) >= 11 is 0. The molecule has 0 aliphatic carbocycles. The number of aromatic amines is 1. The molecule has 0 spiro atoms. The van der Waals surface area contributed by atoms with Crippen molar-refractivity contribution in [1.82, 2.24) is 4.98 Å². The van der Waals surface area contributed by atoms with Crippen LogP contribution in [0.4, 0.5) is 5.69 Å². The van der Waals surface area contributed by atoms with Crippen molar-refractivity contribution in [2.24, 2.45) is 5.41 Å². The van der Waals surface area contributed by atoms with Gasteiger partial charge in [-0.05, 0) is 26.8 Å². The number of H-pyrrole nitrogens is 1. The van der Waals surface area contributed by atoms with Gasteiger partial charge in [-0.1, -0.05) is 18.2 Å². The van der Waals surface area contributed by atoms with E-state index in [2.05, 4.69) is 10.3 Å². The monoisotopic (exact) mass is 241 g/mol. The van der Waals surface area contributed by atoms with Crippen molar-refractivity contribution >= 4 is 22.5 Å². The third-order valence-electron chi connectivity index (χ3n) is 2.98. The summed E-state index contributed by atoms with van der Waals surface area (Å²) in [4.78, 5) is 15.2. The molecule has 0 aliphatic heterocycles. The molecular weight excluding hydrogens is 226 g/mol. The number of carbonyl (C=O) groups excluding carboxylic acids is 1. The molecule has 0 bridgehead atoms. The summed E-state index contributed by atoms with van der Waals surface area (Å²) in [5.41, 5.74) is 1.57. The average molecular weight is 241 g/mol. The number of fused-ring (bicyclic) bond motifs is 1. The van der Waals surface area contributed by atoms with Gasteiger partial charge in [0.15, 0.2) is 0 Å². The highest BCUT2D eigenvalue weighted by molar-refractivity contribution is 6.05. The predicted molar refractivity (Wildman–Crippen MR) is 71.1 cm³/mol. The van der Waals surface area contributed by atoms with Crippen LogP contribution in [-0.4, -0.2) is 10.9 Å². The van der Waals surface area contributed by atoms with Gasteiger partial charge in [0.2, 0.25) is 5.91 Å². The number of nitrogens with one attached hydrogen (secondary N) is 2. The quantitative estimate of drug-likeness (QED) is 0.848. The van der Waals surface area contributed by atoms with Gasteiger partial charge in [-0.2, -0.15) is 5.26 Å². The van der Waals surface area contributed by atoms with Crippen molar-refractivity contribution in [3.63, 3.8) is 0 Å². The lowest BCUT2D eigenvalue weighted by Crippen LogP contribution is -2.29. The van der Waals surface area contributed by atoms with E-state index >= 15 is 0 Å². The molecule has 0 saturated heterocycles. The second-order valence-corrected chi connectivity index (χ2v) is 4.86. The van der Waals surface area contributed by atoms with Crippen LogP contribution >= 0.6 is 0 Å². The first-order chi connectivity index (χ1) is 8.45. The molecule has 2 N–H and O–H groups in total. The molecular formula is C14H15N3O. The van der Waals surface area contributed by atoms with E-state index in [1.54, 1.807) is 13.8 Å². The molecule has 1 heterocycles. The molecule has 0 fully saturated rings. The van der Waals surface area contributed by atoms with Crippen molar-refractivity contribution in [3.05, 3.63) is 30.0 Å². The van der Waals surface area contributed by atoms with Crippen molar-refractivity contribution in [3.8, 4) is 6.07 Å². The Morgan fingerprint density at radius 3 is 2.72 bits per heavy atom. The number of amides is 1. The fourth-order valence-electron chi connectivity index (χ4n) is 1.76. The van der Waals surface area contributed by atoms with E-state index in [-0.39, 0.29) is 5.91 Å². The topological polar surface area (TPSA) is 68.7 Å². The normalized spacial score (nSPS) is 11.2. The molecule has 1 aromatic carbocycles. The standard InChI is InChI=1S/C14H15N3O/c1-9-12(17-13(18)14(2,3)8-15)10-6-4-5-7-11(10)16-9/h4-7,16H,1-3H3,(H,17,18). The summed E-state index contributed by atoms with van der Waals surface area (Å²) in [5.74, 6) is -0.294. The lowest BCUT2D eigenvalue weighted by atomic mass is 9.94. The molecule has 0 aliphatic rings. The summed E-state index contributed by atoms with van der Waals surface area (Å²) in [7, 11) is 0. The molecule has 0 saturated carbocycles. The number of benzene rings is 1. The summed E-state index contributed by atoms with van der Waals surface area (Å²) in [6.07, 6.45) is 0. The number of para-hydroxylation sites is 1. The lowest BCUT2D eigenvalue weighted by molar-refractivity contribution is -0.121. The molecule has 1 amide bonds. The van der Waals surface area contributed by atoms with Crippen LogP contribution in [0.1, 0.15) is 19.5 Å². The number of hydrogen-bond donors (Lipinski definition) is 2. The van der Waals surface area contributed by atoms with E-state index in [0.717, 1.165) is 22.3 Å². The first-order valence-corrected chi connectivity index (χ1v) is 5.76. The van der Waals surface area contributed by atoms with Gasteiger partial charge in [-0.15, -0.1) is 0 Å². The molecule has 92 valence electrons. The van der Waals surface area contributed by atoms with Gasteiger partial charge in [-0.25, -0.2) is 0 Å². The van der Waals surface area contributed by atoms with Gasteiger partial charge in [-0.3, -0.25) is 4.79 Å². The molecule has 18 heavy (non-hydrogen) atoms. The van der Waals surface area contributed by atoms with E-state index < -0.39 is 5.41 Å². The smallest absolute Gasteiger partial charge is 0.244 e. The van der Waals surface area contributed by atoms with E-state index in [1.165, 1.54) is 0 Å². The molecule has 2 aromatic rings. The number of carbonyl (C=O) groups is 1. The van der Waals surface area contributed by atoms with Crippen molar-refractivity contribution in [2.75, 3.05) is 5.32 Å². The Kier molecular flexibility index (Phi) is 2.84. The minimum Gasteiger partial charge on any atom is -0.357 e. The fourth-order valence-corrected chi connectivity index (χ4v) is 1.76. The first kappa shape index (κ1) is 12.2. The number of aryl methyl sites for hydroxylation is 1. The van der Waals surface area contributed by atoms with Gasteiger partial charge in [0, 0.05) is 16.6 Å². The Morgan fingerprint density at radius 2 is 2.06 bits per heavy atom. The highest BCUT2D eigenvalue weighted by atomic mass is 16.2. The van der Waals surface area contributed by atoms with Crippen molar-refractivity contribution in [2.45, 2.75) is 20.8 Å². The van der Waals surface area contributed by atoms with E-state index in [9.17, 15) is 4.79 Å². The average Bonchev–Trinajstić information content (AvgIpc) is 2.66. The second kappa shape index (κ2) is 4.19. The minimum atomic E-state index is -1.04. The number of anilines is 1. The molecule has 0 atom stereocenters. The lowest BCUT2D eigenvalue weighted by Gasteiger charge is -2.15. The Labute approximate surface area is 106 Å². The Bertz CT molecular complexity index is 647. The zero-order chi connectivity index (χ0) is 13.3. The maximum absolute atomic E-state index is 12.0. The van der Waals surface area contributed by atoms with Crippen LogP contribution in [-0.2, 0) is 4.79 Å². The highest BCUT2D eigenvalue weighted by Gasteiger charge is 2.28. The van der Waals surface area contributed by atoms with Gasteiger partial charge >= 0.3 is 0 Å². The Hall–Kier alpha value is -2.28. The summed E-state index contributed by atoms with van der Waals surface area (Å²) in [6.45, 7) is 5.11. The van der Waals surface area contributed by atoms with Crippen LogP contribution in [0.25, 0.3) is 10.9 Å². The van der Waals surface area contributed by atoms with Crippen molar-refractivity contribution < 1.29 is 4.79 Å². The third-order valence-corrected chi connectivity index (χ3v) is 2.98. The van der Waals surface area contributed by atoms with Crippen LogP contribution in [0.3, 0.4) is 0 Å². The molecule has 4 nitrogen and oxygen atoms in total. The number of nitrogens with zero attached hydrogens (tertiary/aromatic N) is 1. The van der Waals surface area contributed by atoms with E-state index in [1.807, 2.05) is 37.3 Å². The molecule has 0 unspecified atom stereocenters. The summed E-state index contributed by atoms with van der Waals surface area (Å²) in [6, 6.07) is 9.74. The maximum Gasteiger partial charge on any atom is 0.244 e. The van der Waals surface area contributed by atoms with Crippen LogP contribution in [0.15, 0.2) is 24.3 Å².